The SMILES string of the molecule is O=C1COCN(C(=O)N2CCN(c3c[nH]c4ccc(Cl)cc34)CC2)CCN1. The van der Waals surface area contributed by atoms with Crippen molar-refractivity contribution in [3.8, 4) is 0 Å². The lowest BCUT2D eigenvalue weighted by molar-refractivity contribution is -0.128. The van der Waals surface area contributed by atoms with Crippen LogP contribution >= 0.6 is 11.6 Å². The summed E-state index contributed by atoms with van der Waals surface area (Å²) in [5.41, 5.74) is 2.16. The Balaban J connectivity index is 1.38. The number of fused-ring (bicyclic) bond motifs is 1. The minimum absolute atomic E-state index is 0.0132. The second kappa shape index (κ2) is 7.66. The van der Waals surface area contributed by atoms with Crippen molar-refractivity contribution in [3.05, 3.63) is 29.4 Å². The van der Waals surface area contributed by atoms with E-state index < -0.39 is 0 Å². The first-order chi connectivity index (χ1) is 13.1. The predicted octanol–water partition coefficient (Wildman–Crippen LogP) is 1.47. The standard InChI is InChI=1S/C18H22ClN5O3/c19-13-1-2-15-14(9-13)16(10-21-15)22-5-7-23(8-6-22)18(26)24-4-3-20-17(25)11-27-12-24/h1-2,9-10,21H,3-8,11-12H2,(H,20,25). The van der Waals surface area contributed by atoms with Crippen LogP contribution in [0.3, 0.4) is 0 Å². The molecule has 3 heterocycles. The molecule has 0 atom stereocenters. The first kappa shape index (κ1) is 17.9. The van der Waals surface area contributed by atoms with Crippen molar-refractivity contribution >= 4 is 40.1 Å². The Morgan fingerprint density at radius 2 is 1.93 bits per heavy atom. The fraction of sp³-hybridized carbons (Fsp3) is 0.444. The maximum atomic E-state index is 12.8. The molecule has 2 fully saturated rings. The van der Waals surface area contributed by atoms with Gasteiger partial charge in [-0.3, -0.25) is 9.69 Å². The minimum atomic E-state index is -0.144. The van der Waals surface area contributed by atoms with Gasteiger partial charge in [0.25, 0.3) is 0 Å². The van der Waals surface area contributed by atoms with Gasteiger partial charge < -0.3 is 24.8 Å². The second-order valence-corrected chi connectivity index (χ2v) is 7.15. The molecule has 2 aromatic rings. The van der Waals surface area contributed by atoms with E-state index in [9.17, 15) is 9.59 Å². The number of halogens is 1. The van der Waals surface area contributed by atoms with Crippen molar-refractivity contribution < 1.29 is 14.3 Å². The van der Waals surface area contributed by atoms with E-state index >= 15 is 0 Å². The lowest BCUT2D eigenvalue weighted by Gasteiger charge is -2.38. The zero-order valence-corrected chi connectivity index (χ0v) is 15.7. The number of aromatic nitrogens is 1. The Kier molecular flexibility index (Phi) is 5.09. The Bertz CT molecular complexity index is 835. The number of hydrogen-bond donors (Lipinski definition) is 2. The van der Waals surface area contributed by atoms with Crippen LogP contribution in [0.1, 0.15) is 0 Å². The van der Waals surface area contributed by atoms with Crippen molar-refractivity contribution in [2.75, 3.05) is 57.5 Å². The molecule has 144 valence electrons. The average Bonchev–Trinajstić information content (AvgIpc) is 3.07. The molecule has 3 amide bonds. The molecule has 0 bridgehead atoms. The highest BCUT2D eigenvalue weighted by atomic mass is 35.5. The number of carbonyl (C=O) groups is 2. The molecular weight excluding hydrogens is 370 g/mol. The quantitative estimate of drug-likeness (QED) is 0.771. The zero-order chi connectivity index (χ0) is 18.8. The molecule has 4 rings (SSSR count). The van der Waals surface area contributed by atoms with E-state index in [0.717, 1.165) is 29.7 Å². The Hall–Kier alpha value is -2.45. The topological polar surface area (TPSA) is 80.9 Å². The number of nitrogens with zero attached hydrogens (tertiary/aromatic N) is 3. The largest absolute Gasteiger partial charge is 0.366 e. The van der Waals surface area contributed by atoms with Gasteiger partial charge in [-0.05, 0) is 18.2 Å². The highest BCUT2D eigenvalue weighted by Gasteiger charge is 2.27. The van der Waals surface area contributed by atoms with E-state index in [-0.39, 0.29) is 25.3 Å². The third-order valence-corrected chi connectivity index (χ3v) is 5.20. The summed E-state index contributed by atoms with van der Waals surface area (Å²) in [4.78, 5) is 33.1. The molecule has 2 aliphatic rings. The Morgan fingerprint density at radius 1 is 1.11 bits per heavy atom. The van der Waals surface area contributed by atoms with Crippen molar-refractivity contribution in [2.45, 2.75) is 0 Å². The molecule has 1 aromatic heterocycles. The van der Waals surface area contributed by atoms with Gasteiger partial charge in [-0.2, -0.15) is 0 Å². The molecule has 0 saturated carbocycles. The van der Waals surface area contributed by atoms with Gasteiger partial charge in [0.2, 0.25) is 5.91 Å². The molecule has 8 nitrogen and oxygen atoms in total. The van der Waals surface area contributed by atoms with Crippen LogP contribution in [-0.4, -0.2) is 79.3 Å². The van der Waals surface area contributed by atoms with Gasteiger partial charge in [0.15, 0.2) is 0 Å². The number of benzene rings is 1. The van der Waals surface area contributed by atoms with E-state index in [4.69, 9.17) is 16.3 Å². The number of rotatable bonds is 1. The molecule has 2 aliphatic heterocycles. The number of aromatic amines is 1. The smallest absolute Gasteiger partial charge is 0.322 e. The number of piperazine rings is 1. The maximum Gasteiger partial charge on any atom is 0.322 e. The van der Waals surface area contributed by atoms with Crippen LogP contribution in [0.15, 0.2) is 24.4 Å². The summed E-state index contributed by atoms with van der Waals surface area (Å²) in [6.07, 6.45) is 1.99. The third kappa shape index (κ3) is 3.81. The van der Waals surface area contributed by atoms with Gasteiger partial charge >= 0.3 is 6.03 Å². The summed E-state index contributed by atoms with van der Waals surface area (Å²) in [5, 5.41) is 4.52. The van der Waals surface area contributed by atoms with Crippen molar-refractivity contribution in [2.24, 2.45) is 0 Å². The van der Waals surface area contributed by atoms with E-state index in [1.54, 1.807) is 4.90 Å². The van der Waals surface area contributed by atoms with Crippen LogP contribution < -0.4 is 10.2 Å². The molecule has 1 aromatic carbocycles. The van der Waals surface area contributed by atoms with Crippen LogP contribution in [0, 0.1) is 0 Å². The number of nitrogens with one attached hydrogen (secondary N) is 2. The van der Waals surface area contributed by atoms with Crippen LogP contribution in [0.25, 0.3) is 10.9 Å². The van der Waals surface area contributed by atoms with Gasteiger partial charge in [0.1, 0.15) is 13.3 Å². The van der Waals surface area contributed by atoms with Crippen LogP contribution in [0.5, 0.6) is 0 Å². The summed E-state index contributed by atoms with van der Waals surface area (Å²) >= 11 is 6.14. The molecule has 0 unspecified atom stereocenters. The molecule has 0 radical (unpaired) electrons. The molecular formula is C18H22ClN5O3. The molecule has 27 heavy (non-hydrogen) atoms. The lowest BCUT2D eigenvalue weighted by Crippen LogP contribution is -2.55. The summed E-state index contributed by atoms with van der Waals surface area (Å²) < 4.78 is 5.29. The van der Waals surface area contributed by atoms with Crippen molar-refractivity contribution in [1.82, 2.24) is 20.1 Å². The summed E-state index contributed by atoms with van der Waals surface area (Å²) in [7, 11) is 0. The fourth-order valence-electron chi connectivity index (χ4n) is 3.52. The van der Waals surface area contributed by atoms with Gasteiger partial charge in [0, 0.05) is 61.4 Å². The number of hydrogen-bond acceptors (Lipinski definition) is 4. The number of amides is 3. The number of anilines is 1. The first-order valence-corrected chi connectivity index (χ1v) is 9.39. The van der Waals surface area contributed by atoms with E-state index in [0.29, 0.717) is 31.2 Å². The van der Waals surface area contributed by atoms with Gasteiger partial charge in [-0.1, -0.05) is 11.6 Å². The monoisotopic (exact) mass is 391 g/mol. The maximum absolute atomic E-state index is 12.8. The molecule has 0 spiro atoms. The van der Waals surface area contributed by atoms with E-state index in [1.165, 1.54) is 0 Å². The second-order valence-electron chi connectivity index (χ2n) is 6.71. The predicted molar refractivity (Wildman–Crippen MR) is 103 cm³/mol. The van der Waals surface area contributed by atoms with E-state index in [1.807, 2.05) is 29.3 Å². The van der Waals surface area contributed by atoms with Gasteiger partial charge in [0.05, 0.1) is 5.69 Å². The average molecular weight is 392 g/mol. The lowest BCUT2D eigenvalue weighted by atomic mass is 10.2. The summed E-state index contributed by atoms with van der Waals surface area (Å²) in [6.45, 7) is 3.79. The minimum Gasteiger partial charge on any atom is -0.366 e. The highest BCUT2D eigenvalue weighted by Crippen LogP contribution is 2.29. The van der Waals surface area contributed by atoms with E-state index in [2.05, 4.69) is 15.2 Å². The van der Waals surface area contributed by atoms with Gasteiger partial charge in [-0.25, -0.2) is 4.79 Å². The van der Waals surface area contributed by atoms with Crippen LogP contribution in [0.2, 0.25) is 5.02 Å². The first-order valence-electron chi connectivity index (χ1n) is 9.02. The number of ether oxygens (including phenoxy) is 1. The fourth-order valence-corrected chi connectivity index (χ4v) is 3.70. The summed E-state index contributed by atoms with van der Waals surface area (Å²) in [6, 6.07) is 5.76. The normalized spacial score (nSPS) is 19.0. The van der Waals surface area contributed by atoms with Gasteiger partial charge in [-0.15, -0.1) is 0 Å². The van der Waals surface area contributed by atoms with Crippen molar-refractivity contribution in [1.29, 1.82) is 0 Å². The highest BCUT2D eigenvalue weighted by molar-refractivity contribution is 6.31. The Labute approximate surface area is 162 Å². The molecule has 9 heteroatoms. The number of H-pyrrole nitrogens is 1. The molecule has 0 aliphatic carbocycles. The van der Waals surface area contributed by atoms with Crippen LogP contribution in [0.4, 0.5) is 10.5 Å². The zero-order valence-electron chi connectivity index (χ0n) is 14.9. The molecule has 2 N–H and O–H groups in total. The summed E-state index contributed by atoms with van der Waals surface area (Å²) in [5.74, 6) is -0.144. The Morgan fingerprint density at radius 3 is 2.74 bits per heavy atom. The molecule has 2 saturated heterocycles. The number of urea groups is 1. The number of carbonyl (C=O) groups excluding carboxylic acids is 2. The van der Waals surface area contributed by atoms with Crippen LogP contribution in [-0.2, 0) is 9.53 Å². The van der Waals surface area contributed by atoms with Crippen molar-refractivity contribution in [3.63, 3.8) is 0 Å². The third-order valence-electron chi connectivity index (χ3n) is 4.97.